The Morgan fingerprint density at radius 2 is 2.12 bits per heavy atom. The highest BCUT2D eigenvalue weighted by molar-refractivity contribution is 7.91. The molecule has 1 saturated heterocycles. The Hall–Kier alpha value is -0.970. The standard InChI is InChI=1S/C11H18N2O2S/c1-8-9(2)13(6-11(8)12)10-4-3-5-16(14,15)7-10/h6,10H,3-5,7,12H2,1-2H3. The average molecular weight is 242 g/mol. The smallest absolute Gasteiger partial charge is 0.152 e. The molecule has 2 N–H and O–H groups in total. The normalized spacial score (nSPS) is 24.5. The van der Waals surface area contributed by atoms with Gasteiger partial charge >= 0.3 is 0 Å². The summed E-state index contributed by atoms with van der Waals surface area (Å²) in [5, 5.41) is 0. The van der Waals surface area contributed by atoms with Crippen molar-refractivity contribution < 1.29 is 8.42 Å². The summed E-state index contributed by atoms with van der Waals surface area (Å²) in [5.41, 5.74) is 8.74. The summed E-state index contributed by atoms with van der Waals surface area (Å²) in [4.78, 5) is 0. The molecule has 1 aliphatic heterocycles. The average Bonchev–Trinajstić information content (AvgIpc) is 2.45. The molecule has 1 aromatic heterocycles. The second-order valence-corrected chi connectivity index (χ2v) is 6.84. The Labute approximate surface area is 96.4 Å². The van der Waals surface area contributed by atoms with Gasteiger partial charge in [0, 0.05) is 17.9 Å². The highest BCUT2D eigenvalue weighted by Crippen LogP contribution is 2.28. The molecule has 2 heterocycles. The first-order valence-electron chi connectivity index (χ1n) is 5.54. The van der Waals surface area contributed by atoms with Crippen LogP contribution in [0.5, 0.6) is 0 Å². The molecule has 0 radical (unpaired) electrons. The number of sulfone groups is 1. The molecule has 0 bridgehead atoms. The molecule has 16 heavy (non-hydrogen) atoms. The molecule has 1 atom stereocenters. The molecule has 0 aromatic carbocycles. The van der Waals surface area contributed by atoms with Gasteiger partial charge in [-0.1, -0.05) is 0 Å². The molecule has 1 fully saturated rings. The predicted octanol–water partition coefficient (Wildman–Crippen LogP) is 1.44. The van der Waals surface area contributed by atoms with E-state index in [1.807, 2.05) is 24.6 Å². The zero-order chi connectivity index (χ0) is 11.9. The fourth-order valence-electron chi connectivity index (χ4n) is 2.34. The first-order chi connectivity index (χ1) is 7.41. The van der Waals surface area contributed by atoms with Gasteiger partial charge in [-0.2, -0.15) is 0 Å². The highest BCUT2D eigenvalue weighted by atomic mass is 32.2. The van der Waals surface area contributed by atoms with E-state index in [2.05, 4.69) is 0 Å². The van der Waals surface area contributed by atoms with Crippen molar-refractivity contribution in [3.05, 3.63) is 17.5 Å². The van der Waals surface area contributed by atoms with Crippen molar-refractivity contribution in [3.8, 4) is 0 Å². The van der Waals surface area contributed by atoms with Crippen molar-refractivity contribution in [1.29, 1.82) is 0 Å². The van der Waals surface area contributed by atoms with Crippen molar-refractivity contribution in [2.75, 3.05) is 17.2 Å². The van der Waals surface area contributed by atoms with Gasteiger partial charge in [0.2, 0.25) is 0 Å². The molecule has 90 valence electrons. The quantitative estimate of drug-likeness (QED) is 0.810. The summed E-state index contributed by atoms with van der Waals surface area (Å²) in [6, 6.07) is 0.0646. The molecule has 0 amide bonds. The van der Waals surface area contributed by atoms with Gasteiger partial charge in [-0.25, -0.2) is 8.42 Å². The van der Waals surface area contributed by atoms with Gasteiger partial charge in [0.05, 0.1) is 17.2 Å². The Kier molecular flexibility index (Phi) is 2.74. The fourth-order valence-corrected chi connectivity index (χ4v) is 4.03. The van der Waals surface area contributed by atoms with E-state index < -0.39 is 9.84 Å². The van der Waals surface area contributed by atoms with Gasteiger partial charge in [-0.15, -0.1) is 0 Å². The zero-order valence-electron chi connectivity index (χ0n) is 9.73. The van der Waals surface area contributed by atoms with E-state index in [1.165, 1.54) is 0 Å². The Bertz CT molecular complexity index is 502. The van der Waals surface area contributed by atoms with Gasteiger partial charge in [0.25, 0.3) is 0 Å². The summed E-state index contributed by atoms with van der Waals surface area (Å²) >= 11 is 0. The molecule has 4 nitrogen and oxygen atoms in total. The zero-order valence-corrected chi connectivity index (χ0v) is 10.5. The van der Waals surface area contributed by atoms with Crippen LogP contribution in [0, 0.1) is 13.8 Å². The van der Waals surface area contributed by atoms with Gasteiger partial charge in [0.1, 0.15) is 0 Å². The third kappa shape index (κ3) is 1.96. The lowest BCUT2D eigenvalue weighted by molar-refractivity contribution is 0.465. The number of aromatic nitrogens is 1. The van der Waals surface area contributed by atoms with Crippen molar-refractivity contribution in [2.45, 2.75) is 32.7 Å². The van der Waals surface area contributed by atoms with Crippen LogP contribution in [0.3, 0.4) is 0 Å². The van der Waals surface area contributed by atoms with Crippen molar-refractivity contribution in [3.63, 3.8) is 0 Å². The number of rotatable bonds is 1. The van der Waals surface area contributed by atoms with Crippen LogP contribution in [0.4, 0.5) is 5.69 Å². The second-order valence-electron chi connectivity index (χ2n) is 4.61. The maximum absolute atomic E-state index is 11.6. The third-order valence-corrected chi connectivity index (χ3v) is 5.28. The SMILES string of the molecule is Cc1c(N)cn(C2CCCS(=O)(=O)C2)c1C. The summed E-state index contributed by atoms with van der Waals surface area (Å²) in [7, 11) is -2.86. The van der Waals surface area contributed by atoms with E-state index in [-0.39, 0.29) is 11.8 Å². The van der Waals surface area contributed by atoms with Crippen LogP contribution in [0.1, 0.15) is 30.1 Å². The van der Waals surface area contributed by atoms with Crippen LogP contribution in [-0.2, 0) is 9.84 Å². The Morgan fingerprint density at radius 3 is 2.62 bits per heavy atom. The molecular formula is C11H18N2O2S. The number of anilines is 1. The molecule has 1 aliphatic rings. The van der Waals surface area contributed by atoms with E-state index in [9.17, 15) is 8.42 Å². The first-order valence-corrected chi connectivity index (χ1v) is 7.37. The predicted molar refractivity (Wildman–Crippen MR) is 65.2 cm³/mol. The summed E-state index contributed by atoms with van der Waals surface area (Å²) in [6.07, 6.45) is 3.55. The number of nitrogen functional groups attached to an aromatic ring is 1. The minimum absolute atomic E-state index is 0.0646. The molecule has 5 heteroatoms. The highest BCUT2D eigenvalue weighted by Gasteiger charge is 2.27. The van der Waals surface area contributed by atoms with Gasteiger partial charge in [-0.05, 0) is 32.3 Å². The summed E-state index contributed by atoms with van der Waals surface area (Å²) < 4.78 is 25.2. The van der Waals surface area contributed by atoms with Gasteiger partial charge < -0.3 is 10.3 Å². The minimum Gasteiger partial charge on any atom is -0.397 e. The third-order valence-electron chi connectivity index (χ3n) is 3.47. The number of nitrogens with two attached hydrogens (primary N) is 1. The maximum atomic E-state index is 11.6. The molecular weight excluding hydrogens is 224 g/mol. The van der Waals surface area contributed by atoms with Crippen LogP contribution in [0.25, 0.3) is 0 Å². The van der Waals surface area contributed by atoms with Crippen LogP contribution in [0.15, 0.2) is 6.20 Å². The first kappa shape index (κ1) is 11.5. The molecule has 0 aliphatic carbocycles. The fraction of sp³-hybridized carbons (Fsp3) is 0.636. The Balaban J connectivity index is 2.34. The molecule has 1 aromatic rings. The molecule has 0 spiro atoms. The van der Waals surface area contributed by atoms with E-state index in [4.69, 9.17) is 5.73 Å². The van der Waals surface area contributed by atoms with Crippen LogP contribution < -0.4 is 5.73 Å². The van der Waals surface area contributed by atoms with Crippen molar-refractivity contribution >= 4 is 15.5 Å². The lowest BCUT2D eigenvalue weighted by Gasteiger charge is -2.24. The van der Waals surface area contributed by atoms with Gasteiger partial charge in [0.15, 0.2) is 9.84 Å². The van der Waals surface area contributed by atoms with E-state index in [1.54, 1.807) is 0 Å². The number of nitrogens with zero attached hydrogens (tertiary/aromatic N) is 1. The Morgan fingerprint density at radius 1 is 1.44 bits per heavy atom. The van der Waals surface area contributed by atoms with E-state index in [0.29, 0.717) is 5.75 Å². The molecule has 2 rings (SSSR count). The molecule has 1 unspecified atom stereocenters. The minimum atomic E-state index is -2.86. The van der Waals surface area contributed by atoms with Crippen molar-refractivity contribution in [2.24, 2.45) is 0 Å². The number of hydrogen-bond acceptors (Lipinski definition) is 3. The monoisotopic (exact) mass is 242 g/mol. The largest absolute Gasteiger partial charge is 0.397 e. The topological polar surface area (TPSA) is 65.1 Å². The number of hydrogen-bond donors (Lipinski definition) is 1. The lowest BCUT2D eigenvalue weighted by atomic mass is 10.2. The van der Waals surface area contributed by atoms with Crippen LogP contribution in [-0.4, -0.2) is 24.5 Å². The maximum Gasteiger partial charge on any atom is 0.152 e. The van der Waals surface area contributed by atoms with Crippen LogP contribution in [0.2, 0.25) is 0 Å². The molecule has 0 saturated carbocycles. The van der Waals surface area contributed by atoms with E-state index >= 15 is 0 Å². The van der Waals surface area contributed by atoms with E-state index in [0.717, 1.165) is 29.8 Å². The van der Waals surface area contributed by atoms with Crippen LogP contribution >= 0.6 is 0 Å². The second kappa shape index (κ2) is 3.80. The lowest BCUT2D eigenvalue weighted by Crippen LogP contribution is -2.27. The van der Waals surface area contributed by atoms with Gasteiger partial charge in [-0.3, -0.25) is 0 Å². The summed E-state index contributed by atoms with van der Waals surface area (Å²) in [5.74, 6) is 0.583. The summed E-state index contributed by atoms with van der Waals surface area (Å²) in [6.45, 7) is 3.96. The van der Waals surface area contributed by atoms with Crippen molar-refractivity contribution in [1.82, 2.24) is 4.57 Å².